The van der Waals surface area contributed by atoms with Gasteiger partial charge in [0.1, 0.15) is 18.8 Å². The van der Waals surface area contributed by atoms with E-state index in [4.69, 9.17) is 23.6 Å². The van der Waals surface area contributed by atoms with Gasteiger partial charge in [-0.1, -0.05) is 168 Å². The van der Waals surface area contributed by atoms with Crippen LogP contribution in [0.5, 0.6) is 0 Å². The third-order valence-electron chi connectivity index (χ3n) is 9.19. The normalized spacial score (nSPS) is 14.5. The molecule has 12 heteroatoms. The Balaban J connectivity index is 4.48. The van der Waals surface area contributed by atoms with Crippen LogP contribution in [-0.4, -0.2) is 76.9 Å². The minimum atomic E-state index is -4.83. The van der Waals surface area contributed by atoms with Crippen LogP contribution >= 0.6 is 7.82 Å². The van der Waals surface area contributed by atoms with Crippen molar-refractivity contribution in [2.24, 2.45) is 0 Å². The van der Waals surface area contributed by atoms with Crippen molar-refractivity contribution in [2.75, 3.05) is 26.4 Å². The van der Waals surface area contributed by atoms with E-state index < -0.39 is 57.9 Å². The van der Waals surface area contributed by atoms with E-state index in [1.165, 1.54) is 116 Å². The van der Waals surface area contributed by atoms with E-state index in [0.717, 1.165) is 38.5 Å². The lowest BCUT2D eigenvalue weighted by Gasteiger charge is -2.24. The number of ether oxygens (including phenoxy) is 2. The number of hydrogen-bond acceptors (Lipinski definition) is 10. The van der Waals surface area contributed by atoms with Crippen molar-refractivity contribution < 1.29 is 52.9 Å². The molecule has 0 spiro atoms. The van der Waals surface area contributed by atoms with E-state index in [2.05, 4.69) is 13.8 Å². The predicted molar refractivity (Wildman–Crippen MR) is 202 cm³/mol. The smallest absolute Gasteiger partial charge is 0.462 e. The van der Waals surface area contributed by atoms with Crippen LogP contribution in [0.2, 0.25) is 0 Å². The summed E-state index contributed by atoms with van der Waals surface area (Å²) in [4.78, 5) is 35.1. The summed E-state index contributed by atoms with van der Waals surface area (Å²) < 4.78 is 33.0. The molecule has 0 aliphatic heterocycles. The molecule has 0 saturated heterocycles. The summed E-state index contributed by atoms with van der Waals surface area (Å²) in [6.07, 6.45) is 26.9. The monoisotopic (exact) mass is 753 g/mol. The Labute approximate surface area is 310 Å². The molecule has 51 heavy (non-hydrogen) atoms. The number of carbonyl (C=O) groups is 2. The second kappa shape index (κ2) is 35.9. The van der Waals surface area contributed by atoms with E-state index in [0.29, 0.717) is 12.8 Å². The first-order valence-corrected chi connectivity index (χ1v) is 22.1. The van der Waals surface area contributed by atoms with Crippen LogP contribution in [0.25, 0.3) is 0 Å². The number of rotatable bonds is 39. The van der Waals surface area contributed by atoms with Gasteiger partial charge in [-0.2, -0.15) is 0 Å². The number of hydrogen-bond donors (Lipinski definition) is 4. The lowest BCUT2D eigenvalue weighted by atomic mass is 10.0. The third kappa shape index (κ3) is 33.3. The second-order valence-corrected chi connectivity index (χ2v) is 15.5. The standard InChI is InChI=1S/C39H77O11P/c1-3-5-7-9-11-13-15-17-19-21-23-25-27-29-38(43)47-33-35(34-48-51(45,46)50-37(32-41)36(42)31-40)49-39(44)30-28-26-24-22-20-18-16-14-12-10-8-6-4-2/h35-37,40-42H,3-34H2,1-2H3,(H,45,46). The number of aliphatic hydroxyl groups excluding tert-OH is 3. The van der Waals surface area contributed by atoms with Crippen molar-refractivity contribution in [3.8, 4) is 0 Å². The van der Waals surface area contributed by atoms with Gasteiger partial charge in [0.15, 0.2) is 6.10 Å². The first-order valence-electron chi connectivity index (χ1n) is 20.6. The molecule has 0 heterocycles. The minimum absolute atomic E-state index is 0.156. The number of phosphoric acid groups is 1. The van der Waals surface area contributed by atoms with Crippen LogP contribution in [0, 0.1) is 0 Å². The van der Waals surface area contributed by atoms with E-state index in [1.54, 1.807) is 0 Å². The number of esters is 2. The maximum atomic E-state index is 12.6. The third-order valence-corrected chi connectivity index (χ3v) is 10.2. The van der Waals surface area contributed by atoms with Crippen molar-refractivity contribution in [1.29, 1.82) is 0 Å². The van der Waals surface area contributed by atoms with Gasteiger partial charge in [-0.15, -0.1) is 0 Å². The van der Waals surface area contributed by atoms with Gasteiger partial charge >= 0.3 is 19.8 Å². The molecular weight excluding hydrogens is 675 g/mol. The Hall–Kier alpha value is -1.07. The number of carbonyl (C=O) groups excluding carboxylic acids is 2. The highest BCUT2D eigenvalue weighted by Crippen LogP contribution is 2.45. The summed E-state index contributed by atoms with van der Waals surface area (Å²) in [5.74, 6) is -0.984. The van der Waals surface area contributed by atoms with E-state index in [-0.39, 0.29) is 19.4 Å². The maximum Gasteiger partial charge on any atom is 0.472 e. The molecular formula is C39H77O11P. The Kier molecular flexibility index (Phi) is 35.2. The first kappa shape index (κ1) is 49.9. The van der Waals surface area contributed by atoms with Crippen LogP contribution in [-0.2, 0) is 32.7 Å². The zero-order valence-corrected chi connectivity index (χ0v) is 33.3. The highest BCUT2D eigenvalue weighted by molar-refractivity contribution is 7.47. The lowest BCUT2D eigenvalue weighted by Crippen LogP contribution is -2.35. The average molecular weight is 753 g/mol. The molecule has 0 radical (unpaired) electrons. The quantitative estimate of drug-likeness (QED) is 0.0268. The van der Waals surface area contributed by atoms with Gasteiger partial charge in [-0.05, 0) is 12.8 Å². The fourth-order valence-corrected chi connectivity index (χ4v) is 6.88. The topological polar surface area (TPSA) is 169 Å². The molecule has 0 fully saturated rings. The number of aliphatic hydroxyl groups is 3. The Bertz CT molecular complexity index is 844. The Morgan fingerprint density at radius 2 is 0.922 bits per heavy atom. The van der Waals surface area contributed by atoms with Gasteiger partial charge < -0.3 is 29.7 Å². The SMILES string of the molecule is CCCCCCCCCCCCCCCC(=O)OCC(COP(=O)(O)OC(CO)C(O)CO)OC(=O)CCCCCCCCCCCCCCC. The van der Waals surface area contributed by atoms with Gasteiger partial charge in [0.2, 0.25) is 0 Å². The van der Waals surface area contributed by atoms with Crippen molar-refractivity contribution in [3.05, 3.63) is 0 Å². The molecule has 0 bridgehead atoms. The number of phosphoric ester groups is 1. The summed E-state index contributed by atoms with van der Waals surface area (Å²) in [5.41, 5.74) is 0. The molecule has 0 rings (SSSR count). The van der Waals surface area contributed by atoms with Gasteiger partial charge in [-0.25, -0.2) is 4.57 Å². The molecule has 0 aliphatic carbocycles. The Morgan fingerprint density at radius 1 is 0.549 bits per heavy atom. The molecule has 0 aromatic carbocycles. The van der Waals surface area contributed by atoms with Crippen LogP contribution in [0.4, 0.5) is 0 Å². The molecule has 0 aliphatic rings. The highest BCUT2D eigenvalue weighted by atomic mass is 31.2. The molecule has 11 nitrogen and oxygen atoms in total. The molecule has 4 atom stereocenters. The molecule has 4 unspecified atom stereocenters. The minimum Gasteiger partial charge on any atom is -0.462 e. The first-order chi connectivity index (χ1) is 24.7. The summed E-state index contributed by atoms with van der Waals surface area (Å²) in [7, 11) is -4.83. The van der Waals surface area contributed by atoms with E-state index >= 15 is 0 Å². The van der Waals surface area contributed by atoms with E-state index in [9.17, 15) is 29.3 Å². The molecule has 0 aromatic heterocycles. The predicted octanol–water partition coefficient (Wildman–Crippen LogP) is 9.25. The van der Waals surface area contributed by atoms with Crippen molar-refractivity contribution in [1.82, 2.24) is 0 Å². The van der Waals surface area contributed by atoms with E-state index in [1.807, 2.05) is 0 Å². The largest absolute Gasteiger partial charge is 0.472 e. The van der Waals surface area contributed by atoms with Crippen LogP contribution < -0.4 is 0 Å². The van der Waals surface area contributed by atoms with Crippen molar-refractivity contribution in [2.45, 2.75) is 212 Å². The summed E-state index contributed by atoms with van der Waals surface area (Å²) in [6.45, 7) is 1.85. The lowest BCUT2D eigenvalue weighted by molar-refractivity contribution is -0.161. The molecule has 0 aromatic rings. The second-order valence-electron chi connectivity index (χ2n) is 14.1. The fourth-order valence-electron chi connectivity index (χ4n) is 5.91. The molecule has 0 amide bonds. The highest BCUT2D eigenvalue weighted by Gasteiger charge is 2.32. The van der Waals surface area contributed by atoms with Gasteiger partial charge in [0, 0.05) is 12.8 Å². The summed E-state index contributed by atoms with van der Waals surface area (Å²) >= 11 is 0. The van der Waals surface area contributed by atoms with Crippen molar-refractivity contribution in [3.63, 3.8) is 0 Å². The zero-order chi connectivity index (χ0) is 37.8. The summed E-state index contributed by atoms with van der Waals surface area (Å²) in [5, 5.41) is 28.1. The molecule has 4 N–H and O–H groups in total. The average Bonchev–Trinajstić information content (AvgIpc) is 3.12. The van der Waals surface area contributed by atoms with Crippen molar-refractivity contribution >= 4 is 19.8 Å². The number of unbranched alkanes of at least 4 members (excludes halogenated alkanes) is 24. The molecule has 0 saturated carbocycles. The molecule has 304 valence electrons. The maximum absolute atomic E-state index is 12.6. The zero-order valence-electron chi connectivity index (χ0n) is 32.5. The van der Waals surface area contributed by atoms with Crippen LogP contribution in [0.3, 0.4) is 0 Å². The van der Waals surface area contributed by atoms with Gasteiger partial charge in [0.25, 0.3) is 0 Å². The van der Waals surface area contributed by atoms with Crippen LogP contribution in [0.15, 0.2) is 0 Å². The Morgan fingerprint density at radius 3 is 1.29 bits per heavy atom. The van der Waals surface area contributed by atoms with Gasteiger partial charge in [-0.3, -0.25) is 18.6 Å². The van der Waals surface area contributed by atoms with Crippen LogP contribution in [0.1, 0.15) is 194 Å². The van der Waals surface area contributed by atoms with Gasteiger partial charge in [0.05, 0.1) is 19.8 Å². The fraction of sp³-hybridized carbons (Fsp3) is 0.949. The summed E-state index contributed by atoms with van der Waals surface area (Å²) in [6, 6.07) is 0.